The quantitative estimate of drug-likeness (QED) is 0.399. The summed E-state index contributed by atoms with van der Waals surface area (Å²) < 4.78 is 13.6. The molecular weight excluding hydrogens is 440 g/mol. The normalized spacial score (nSPS) is 14.9. The van der Waals surface area contributed by atoms with Gasteiger partial charge in [-0.1, -0.05) is 17.7 Å². The molecule has 170 valence electrons. The minimum Gasteiger partial charge on any atom is -0.455 e. The van der Waals surface area contributed by atoms with Crippen LogP contribution in [0.4, 0.5) is 5.69 Å². The van der Waals surface area contributed by atoms with E-state index in [1.807, 2.05) is 43.8 Å². The highest BCUT2D eigenvalue weighted by atomic mass is 35.5. The summed E-state index contributed by atoms with van der Waals surface area (Å²) in [7, 11) is 0. The van der Waals surface area contributed by atoms with Gasteiger partial charge < -0.3 is 14.5 Å². The average molecular weight is 465 g/mol. The zero-order valence-corrected chi connectivity index (χ0v) is 19.7. The van der Waals surface area contributed by atoms with Gasteiger partial charge in [0.25, 0.3) is 0 Å². The van der Waals surface area contributed by atoms with Crippen LogP contribution < -0.4 is 10.7 Å². The van der Waals surface area contributed by atoms with Crippen molar-refractivity contribution in [2.45, 2.75) is 39.8 Å². The number of ether oxygens (including phenoxy) is 1. The van der Waals surface area contributed by atoms with Crippen LogP contribution in [-0.4, -0.2) is 28.0 Å². The van der Waals surface area contributed by atoms with E-state index in [0.717, 1.165) is 28.1 Å². The Bertz CT molecular complexity index is 1420. The first-order chi connectivity index (χ1) is 15.8. The van der Waals surface area contributed by atoms with Crippen molar-refractivity contribution in [1.82, 2.24) is 14.8 Å². The van der Waals surface area contributed by atoms with Gasteiger partial charge in [-0.3, -0.25) is 9.48 Å². The molecule has 1 fully saturated rings. The lowest BCUT2D eigenvalue weighted by molar-refractivity contribution is -0.0286. The summed E-state index contributed by atoms with van der Waals surface area (Å²) in [5.41, 5.74) is 5.46. The molecule has 3 aromatic heterocycles. The molecule has 7 nitrogen and oxygen atoms in total. The average Bonchev–Trinajstić information content (AvgIpc) is 3.20. The number of nitrogens with zero attached hydrogens (tertiary/aromatic N) is 3. The van der Waals surface area contributed by atoms with Gasteiger partial charge in [-0.15, -0.1) is 0 Å². The first-order valence-corrected chi connectivity index (χ1v) is 11.3. The first-order valence-electron chi connectivity index (χ1n) is 10.9. The lowest BCUT2D eigenvalue weighted by Crippen LogP contribution is -2.30. The van der Waals surface area contributed by atoms with Crippen molar-refractivity contribution < 1.29 is 9.15 Å². The number of aromatic nitrogens is 3. The third kappa shape index (κ3) is 3.92. The molecule has 0 radical (unpaired) electrons. The van der Waals surface area contributed by atoms with Crippen molar-refractivity contribution in [3.63, 3.8) is 0 Å². The molecule has 0 bridgehead atoms. The monoisotopic (exact) mass is 464 g/mol. The van der Waals surface area contributed by atoms with E-state index in [9.17, 15) is 4.79 Å². The fraction of sp³-hybridized carbons (Fsp3) is 0.320. The highest BCUT2D eigenvalue weighted by Gasteiger charge is 2.24. The van der Waals surface area contributed by atoms with Crippen LogP contribution in [0.15, 0.2) is 45.9 Å². The molecule has 0 unspecified atom stereocenters. The summed E-state index contributed by atoms with van der Waals surface area (Å²) >= 11 is 6.01. The Morgan fingerprint density at radius 2 is 2.00 bits per heavy atom. The number of pyridine rings is 1. The zero-order chi connectivity index (χ0) is 23.3. The summed E-state index contributed by atoms with van der Waals surface area (Å²) in [6, 6.07) is 7.69. The Morgan fingerprint density at radius 3 is 2.70 bits per heavy atom. The van der Waals surface area contributed by atoms with Gasteiger partial charge >= 0.3 is 0 Å². The number of fused-ring (bicyclic) bond motifs is 1. The predicted octanol–water partition coefficient (Wildman–Crippen LogP) is 5.37. The number of halogens is 1. The molecule has 1 aliphatic heterocycles. The summed E-state index contributed by atoms with van der Waals surface area (Å²) in [6.07, 6.45) is 3.66. The second-order valence-electron chi connectivity index (χ2n) is 8.65. The number of nitrogens with one attached hydrogen (secondary N) is 1. The molecule has 8 heteroatoms. The second-order valence-corrected chi connectivity index (χ2v) is 9.04. The molecule has 1 aromatic carbocycles. The summed E-state index contributed by atoms with van der Waals surface area (Å²) in [5, 5.41) is 8.97. The van der Waals surface area contributed by atoms with Crippen molar-refractivity contribution in [3.8, 4) is 11.3 Å². The molecule has 0 amide bonds. The summed E-state index contributed by atoms with van der Waals surface area (Å²) in [6.45, 7) is 9.02. The van der Waals surface area contributed by atoms with Crippen molar-refractivity contribution in [2.75, 3.05) is 18.5 Å². The van der Waals surface area contributed by atoms with Crippen LogP contribution >= 0.6 is 11.6 Å². The van der Waals surface area contributed by atoms with Gasteiger partial charge in [0.15, 0.2) is 5.43 Å². The van der Waals surface area contributed by atoms with E-state index in [1.165, 1.54) is 0 Å². The maximum atomic E-state index is 13.4. The summed E-state index contributed by atoms with van der Waals surface area (Å²) in [5.74, 6) is 0.542. The minimum absolute atomic E-state index is 0.0348. The highest BCUT2D eigenvalue weighted by Crippen LogP contribution is 2.33. The molecule has 5 rings (SSSR count). The Hall–Kier alpha value is -3.16. The number of aryl methyl sites for hydroxylation is 2. The van der Waals surface area contributed by atoms with Gasteiger partial charge in [0.2, 0.25) is 0 Å². The molecule has 0 aliphatic carbocycles. The predicted molar refractivity (Wildman–Crippen MR) is 129 cm³/mol. The molecule has 0 saturated carbocycles. The maximum Gasteiger partial charge on any atom is 0.196 e. The fourth-order valence-corrected chi connectivity index (χ4v) is 4.38. The molecular formula is C25H25ClN4O3. The largest absolute Gasteiger partial charge is 0.455 e. The highest BCUT2D eigenvalue weighted by molar-refractivity contribution is 6.29. The van der Waals surface area contributed by atoms with E-state index in [0.29, 0.717) is 40.7 Å². The third-order valence-electron chi connectivity index (χ3n) is 6.14. The Kier molecular flexibility index (Phi) is 5.46. The fourth-order valence-electron chi connectivity index (χ4n) is 4.19. The third-order valence-corrected chi connectivity index (χ3v) is 6.35. The molecule has 33 heavy (non-hydrogen) atoms. The van der Waals surface area contributed by atoms with Crippen LogP contribution in [0.3, 0.4) is 0 Å². The molecule has 4 heterocycles. The Balaban J connectivity index is 1.61. The lowest BCUT2D eigenvalue weighted by atomic mass is 9.99. The SMILES string of the molecule is Cc1cc([C@@H](C)Nc2ccc(Cl)nc2C)c2oc(-c3cnn(C4COC4)c3)c(C)c(=O)c2c1. The molecule has 1 atom stereocenters. The van der Waals surface area contributed by atoms with Crippen molar-refractivity contribution in [2.24, 2.45) is 0 Å². The Morgan fingerprint density at radius 1 is 1.21 bits per heavy atom. The lowest BCUT2D eigenvalue weighted by Gasteiger charge is -2.25. The summed E-state index contributed by atoms with van der Waals surface area (Å²) in [4.78, 5) is 17.7. The Labute approximate surface area is 196 Å². The van der Waals surface area contributed by atoms with Gasteiger partial charge in [-0.25, -0.2) is 4.98 Å². The van der Waals surface area contributed by atoms with Crippen molar-refractivity contribution in [3.05, 3.63) is 74.4 Å². The minimum atomic E-state index is -0.136. The number of rotatable bonds is 5. The zero-order valence-electron chi connectivity index (χ0n) is 19.0. The van der Waals surface area contributed by atoms with Gasteiger partial charge in [0.05, 0.1) is 53.8 Å². The van der Waals surface area contributed by atoms with Crippen molar-refractivity contribution >= 4 is 28.3 Å². The van der Waals surface area contributed by atoms with Gasteiger partial charge in [0, 0.05) is 17.3 Å². The van der Waals surface area contributed by atoms with Crippen LogP contribution in [0.25, 0.3) is 22.3 Å². The number of benzene rings is 1. The first kappa shape index (κ1) is 21.7. The maximum absolute atomic E-state index is 13.4. The van der Waals surface area contributed by atoms with Gasteiger partial charge in [0.1, 0.15) is 16.5 Å². The molecule has 1 saturated heterocycles. The smallest absolute Gasteiger partial charge is 0.196 e. The number of anilines is 1. The topological polar surface area (TPSA) is 82.2 Å². The van der Waals surface area contributed by atoms with E-state index >= 15 is 0 Å². The number of hydrogen-bond donors (Lipinski definition) is 1. The van der Waals surface area contributed by atoms with Gasteiger partial charge in [-0.2, -0.15) is 5.10 Å². The molecule has 1 aliphatic rings. The van der Waals surface area contributed by atoms with Crippen molar-refractivity contribution in [1.29, 1.82) is 0 Å². The van der Waals surface area contributed by atoms with E-state index < -0.39 is 0 Å². The van der Waals surface area contributed by atoms with E-state index in [-0.39, 0.29) is 17.5 Å². The standard InChI is InChI=1S/C25H25ClN4O3/c1-13-7-19(15(3)28-21-5-6-22(26)29-16(21)4)25-20(8-13)23(31)14(2)24(33-25)17-9-27-30(10-17)18-11-32-12-18/h5-10,15,18,28H,11-12H2,1-4H3/t15-/m1/s1. The second kappa shape index (κ2) is 8.32. The van der Waals surface area contributed by atoms with Crippen LogP contribution in [0, 0.1) is 20.8 Å². The number of hydrogen-bond acceptors (Lipinski definition) is 6. The van der Waals surface area contributed by atoms with E-state index in [1.54, 1.807) is 19.2 Å². The van der Waals surface area contributed by atoms with Crippen LogP contribution in [-0.2, 0) is 4.74 Å². The van der Waals surface area contributed by atoms with Gasteiger partial charge in [-0.05, 0) is 51.5 Å². The van der Waals surface area contributed by atoms with Crippen LogP contribution in [0.2, 0.25) is 5.15 Å². The van der Waals surface area contributed by atoms with Crippen LogP contribution in [0.1, 0.15) is 41.4 Å². The molecule has 0 spiro atoms. The molecule has 4 aromatic rings. The van der Waals surface area contributed by atoms with Crippen LogP contribution in [0.5, 0.6) is 0 Å². The van der Waals surface area contributed by atoms with E-state index in [2.05, 4.69) is 21.5 Å². The van der Waals surface area contributed by atoms with E-state index in [4.69, 9.17) is 20.8 Å². The molecule has 1 N–H and O–H groups in total.